The van der Waals surface area contributed by atoms with Crippen LogP contribution in [0.2, 0.25) is 0 Å². The molecule has 0 fully saturated rings. The summed E-state index contributed by atoms with van der Waals surface area (Å²) in [5, 5.41) is 0. The zero-order valence-corrected chi connectivity index (χ0v) is 16.7. The van der Waals surface area contributed by atoms with E-state index in [-0.39, 0.29) is 12.5 Å². The van der Waals surface area contributed by atoms with Crippen molar-refractivity contribution >= 4 is 7.60 Å². The minimum atomic E-state index is -3.08. The summed E-state index contributed by atoms with van der Waals surface area (Å²) in [7, 11) is -1.47. The average Bonchev–Trinajstić information content (AvgIpc) is 2.63. The number of hydrogen-bond donors (Lipinski definition) is 0. The van der Waals surface area contributed by atoms with E-state index in [4.69, 9.17) is 18.5 Å². The van der Waals surface area contributed by atoms with Crippen LogP contribution in [0.5, 0.6) is 5.75 Å². The molecule has 26 heavy (non-hydrogen) atoms. The number of ether oxygens (including phenoxy) is 2. The van der Waals surface area contributed by atoms with Gasteiger partial charge in [-0.2, -0.15) is 0 Å². The summed E-state index contributed by atoms with van der Waals surface area (Å²) in [6.45, 7) is 6.21. The Morgan fingerprint density at radius 2 is 1.38 bits per heavy atom. The number of benzene rings is 2. The van der Waals surface area contributed by atoms with Crippen molar-refractivity contribution in [1.82, 2.24) is 0 Å². The maximum Gasteiger partial charge on any atom is 0.335 e. The van der Waals surface area contributed by atoms with Crippen molar-refractivity contribution in [2.24, 2.45) is 0 Å². The van der Waals surface area contributed by atoms with Gasteiger partial charge < -0.3 is 18.5 Å². The van der Waals surface area contributed by atoms with Gasteiger partial charge in [0.2, 0.25) is 0 Å². The molecular formula is C20H27O5P. The summed E-state index contributed by atoms with van der Waals surface area (Å²) in [6.07, 6.45) is -0.0112. The third kappa shape index (κ3) is 5.96. The molecule has 5 nitrogen and oxygen atoms in total. The molecule has 0 amide bonds. The Bertz CT molecular complexity index is 702. The smallest absolute Gasteiger partial charge is 0.335 e. The van der Waals surface area contributed by atoms with Crippen LogP contribution < -0.4 is 4.74 Å². The zero-order chi connectivity index (χ0) is 19.0. The molecule has 0 N–H and O–H groups in total. The second kappa shape index (κ2) is 9.89. The molecule has 0 spiro atoms. The maximum absolute atomic E-state index is 12.6. The molecule has 6 heteroatoms. The van der Waals surface area contributed by atoms with Crippen LogP contribution in [0, 0.1) is 0 Å². The van der Waals surface area contributed by atoms with Gasteiger partial charge in [0.15, 0.2) is 6.29 Å². The van der Waals surface area contributed by atoms with Gasteiger partial charge in [-0.15, -0.1) is 0 Å². The second-order valence-corrected chi connectivity index (χ2v) is 7.80. The van der Waals surface area contributed by atoms with Gasteiger partial charge in [-0.25, -0.2) is 0 Å². The van der Waals surface area contributed by atoms with E-state index >= 15 is 0 Å². The summed E-state index contributed by atoms with van der Waals surface area (Å²) in [5.74, 6) is 0.758. The van der Waals surface area contributed by atoms with Gasteiger partial charge in [0.05, 0.1) is 19.4 Å². The first kappa shape index (κ1) is 20.7. The Kier molecular flexibility index (Phi) is 7.85. The van der Waals surface area contributed by atoms with E-state index in [0.29, 0.717) is 13.2 Å². The highest BCUT2D eigenvalue weighted by atomic mass is 31.2. The zero-order valence-electron chi connectivity index (χ0n) is 15.8. The Labute approximate surface area is 155 Å². The molecule has 0 aliphatic rings. The van der Waals surface area contributed by atoms with Crippen molar-refractivity contribution in [3.63, 3.8) is 0 Å². The predicted octanol–water partition coefficient (Wildman–Crippen LogP) is 5.49. The fourth-order valence-electron chi connectivity index (χ4n) is 2.51. The van der Waals surface area contributed by atoms with E-state index in [1.807, 2.05) is 69.3 Å². The van der Waals surface area contributed by atoms with Gasteiger partial charge in [-0.05, 0) is 49.6 Å². The predicted molar refractivity (Wildman–Crippen MR) is 104 cm³/mol. The molecule has 0 heterocycles. The highest BCUT2D eigenvalue weighted by Gasteiger charge is 2.23. The lowest BCUT2D eigenvalue weighted by Gasteiger charge is -2.17. The van der Waals surface area contributed by atoms with Gasteiger partial charge in [-0.3, -0.25) is 4.57 Å². The fourth-order valence-corrected chi connectivity index (χ4v) is 4.22. The number of methoxy groups -OCH3 is 1. The van der Waals surface area contributed by atoms with Crippen molar-refractivity contribution < 1.29 is 23.1 Å². The summed E-state index contributed by atoms with van der Waals surface area (Å²) >= 11 is 0. The average molecular weight is 378 g/mol. The van der Waals surface area contributed by atoms with Gasteiger partial charge in [-0.1, -0.05) is 36.4 Å². The number of hydrogen-bond acceptors (Lipinski definition) is 5. The first-order valence-corrected chi connectivity index (χ1v) is 10.5. The van der Waals surface area contributed by atoms with Crippen LogP contribution in [0.25, 0.3) is 11.1 Å². The van der Waals surface area contributed by atoms with E-state index in [1.54, 1.807) is 7.11 Å². The van der Waals surface area contributed by atoms with E-state index in [2.05, 4.69) is 0 Å². The van der Waals surface area contributed by atoms with Gasteiger partial charge in [0.1, 0.15) is 5.75 Å². The summed E-state index contributed by atoms with van der Waals surface area (Å²) in [6, 6.07) is 15.7. The molecule has 2 aromatic carbocycles. The molecule has 0 saturated heterocycles. The van der Waals surface area contributed by atoms with Crippen LogP contribution in [-0.4, -0.2) is 26.6 Å². The van der Waals surface area contributed by atoms with Crippen LogP contribution in [-0.2, 0) is 24.5 Å². The van der Waals surface area contributed by atoms with Crippen molar-refractivity contribution in [2.75, 3.05) is 20.3 Å². The molecule has 0 radical (unpaired) electrons. The Hall–Kier alpha value is -1.65. The molecule has 1 unspecified atom stereocenters. The summed E-state index contributed by atoms with van der Waals surface area (Å²) < 4.78 is 34.0. The van der Waals surface area contributed by atoms with Gasteiger partial charge in [0, 0.05) is 7.11 Å². The SMILES string of the molecule is CCOP(=O)(Cc1ccc(-c2ccc(OC(C)OC)cc2)cc1)OCC. The molecule has 0 aliphatic heterocycles. The highest BCUT2D eigenvalue weighted by Crippen LogP contribution is 2.51. The van der Waals surface area contributed by atoms with Crippen LogP contribution >= 0.6 is 7.60 Å². The normalized spacial score (nSPS) is 12.8. The molecule has 0 saturated carbocycles. The van der Waals surface area contributed by atoms with Crippen LogP contribution in [0.3, 0.4) is 0 Å². The Morgan fingerprint density at radius 3 is 1.85 bits per heavy atom. The molecule has 142 valence electrons. The summed E-state index contributed by atoms with van der Waals surface area (Å²) in [5.41, 5.74) is 3.07. The lowest BCUT2D eigenvalue weighted by atomic mass is 10.0. The van der Waals surface area contributed by atoms with Crippen molar-refractivity contribution in [1.29, 1.82) is 0 Å². The maximum atomic E-state index is 12.6. The third-order valence-corrected chi connectivity index (χ3v) is 5.86. The van der Waals surface area contributed by atoms with E-state index in [9.17, 15) is 4.57 Å². The molecule has 1 atom stereocenters. The van der Waals surface area contributed by atoms with E-state index in [0.717, 1.165) is 22.4 Å². The molecule has 0 aliphatic carbocycles. The van der Waals surface area contributed by atoms with Crippen molar-refractivity contribution in [2.45, 2.75) is 33.2 Å². The van der Waals surface area contributed by atoms with Crippen LogP contribution in [0.4, 0.5) is 0 Å². The van der Waals surface area contributed by atoms with E-state index in [1.165, 1.54) is 0 Å². The summed E-state index contributed by atoms with van der Waals surface area (Å²) in [4.78, 5) is 0. The molecule has 0 bridgehead atoms. The minimum absolute atomic E-state index is 0.274. The third-order valence-electron chi connectivity index (χ3n) is 3.80. The van der Waals surface area contributed by atoms with Crippen molar-refractivity contribution in [3.8, 4) is 16.9 Å². The molecule has 0 aromatic heterocycles. The molecule has 2 aromatic rings. The first-order chi connectivity index (χ1) is 12.5. The quantitative estimate of drug-likeness (QED) is 0.404. The Balaban J connectivity index is 2.08. The highest BCUT2D eigenvalue weighted by molar-refractivity contribution is 7.53. The van der Waals surface area contributed by atoms with Crippen molar-refractivity contribution in [3.05, 3.63) is 54.1 Å². The van der Waals surface area contributed by atoms with Gasteiger partial charge >= 0.3 is 7.60 Å². The lowest BCUT2D eigenvalue weighted by molar-refractivity contribution is -0.0382. The largest absolute Gasteiger partial charge is 0.465 e. The van der Waals surface area contributed by atoms with Crippen LogP contribution in [0.15, 0.2) is 48.5 Å². The fraction of sp³-hybridized carbons (Fsp3) is 0.400. The minimum Gasteiger partial charge on any atom is -0.465 e. The number of rotatable bonds is 10. The topological polar surface area (TPSA) is 54.0 Å². The molecular weight excluding hydrogens is 351 g/mol. The Morgan fingerprint density at radius 1 is 0.885 bits per heavy atom. The lowest BCUT2D eigenvalue weighted by Crippen LogP contribution is -2.13. The second-order valence-electron chi connectivity index (χ2n) is 5.75. The van der Waals surface area contributed by atoms with E-state index < -0.39 is 7.60 Å². The monoisotopic (exact) mass is 378 g/mol. The van der Waals surface area contributed by atoms with Gasteiger partial charge in [0.25, 0.3) is 0 Å². The van der Waals surface area contributed by atoms with Crippen LogP contribution in [0.1, 0.15) is 26.3 Å². The first-order valence-electron chi connectivity index (χ1n) is 8.76. The molecule has 2 rings (SSSR count). The standard InChI is InChI=1S/C20H27O5P/c1-5-23-26(21,24-6-2)15-17-7-9-18(10-8-17)19-11-13-20(14-12-19)25-16(3)22-4/h7-14,16H,5-6,15H2,1-4H3.